The Kier molecular flexibility index (Phi) is 4.84. The van der Waals surface area contributed by atoms with E-state index in [2.05, 4.69) is 17.2 Å². The Bertz CT molecular complexity index is 910. The summed E-state index contributed by atoms with van der Waals surface area (Å²) in [6.07, 6.45) is 1.70. The van der Waals surface area contributed by atoms with E-state index in [4.69, 9.17) is 10.1 Å². The number of rotatable bonds is 6. The number of aromatic amines is 1. The molecule has 1 heterocycles. The van der Waals surface area contributed by atoms with E-state index in [9.17, 15) is 4.79 Å². The van der Waals surface area contributed by atoms with E-state index in [1.165, 1.54) is 0 Å². The van der Waals surface area contributed by atoms with E-state index in [-0.39, 0.29) is 5.91 Å². The molecule has 0 radical (unpaired) electrons. The summed E-state index contributed by atoms with van der Waals surface area (Å²) >= 11 is 0. The number of nitrogens with one attached hydrogen (secondary N) is 3. The van der Waals surface area contributed by atoms with Crippen LogP contribution in [-0.4, -0.2) is 23.7 Å². The fraction of sp³-hybridized carbons (Fsp3) is 0.200. The van der Waals surface area contributed by atoms with Crippen molar-refractivity contribution in [3.63, 3.8) is 0 Å². The van der Waals surface area contributed by atoms with Crippen LogP contribution in [0.15, 0.2) is 48.5 Å². The van der Waals surface area contributed by atoms with E-state index in [1.807, 2.05) is 42.5 Å². The topological polar surface area (TPSA) is 78.0 Å². The van der Waals surface area contributed by atoms with Crippen molar-refractivity contribution in [2.45, 2.75) is 19.8 Å². The van der Waals surface area contributed by atoms with Crippen LogP contribution < -0.4 is 10.1 Å². The number of aromatic nitrogens is 1. The molecule has 3 rings (SSSR count). The molecule has 0 atom stereocenters. The first-order valence-electron chi connectivity index (χ1n) is 8.26. The summed E-state index contributed by atoms with van der Waals surface area (Å²) in [4.78, 5) is 15.6. The predicted molar refractivity (Wildman–Crippen MR) is 101 cm³/mol. The Labute approximate surface area is 146 Å². The summed E-state index contributed by atoms with van der Waals surface area (Å²) in [5, 5.41) is 11.8. The maximum Gasteiger partial charge on any atom is 0.272 e. The molecule has 0 aliphatic carbocycles. The van der Waals surface area contributed by atoms with Gasteiger partial charge < -0.3 is 20.4 Å². The first-order chi connectivity index (χ1) is 12.1. The van der Waals surface area contributed by atoms with Gasteiger partial charge in [0.1, 0.15) is 11.4 Å². The number of methoxy groups -OCH3 is 1. The maximum atomic E-state index is 12.4. The number of fused-ring (bicyclic) bond motifs is 1. The van der Waals surface area contributed by atoms with Crippen LogP contribution in [0.5, 0.6) is 5.75 Å². The lowest BCUT2D eigenvalue weighted by Gasteiger charge is -2.06. The standard InChI is InChI=1S/C20H21N3O2/c1-3-4-17(21)13-5-7-15(8-6-13)22-20(24)19-12-14-11-16(25-2)9-10-18(14)23-19/h5-12,21,23H,3-4H2,1-2H3,(H,22,24). The van der Waals surface area contributed by atoms with Crippen LogP contribution in [0.3, 0.4) is 0 Å². The van der Waals surface area contributed by atoms with Crippen LogP contribution in [0, 0.1) is 5.41 Å². The number of hydrogen-bond acceptors (Lipinski definition) is 3. The molecule has 0 fully saturated rings. The minimum absolute atomic E-state index is 0.202. The molecule has 2 aromatic carbocycles. The second-order valence-electron chi connectivity index (χ2n) is 5.90. The number of H-pyrrole nitrogens is 1. The molecule has 128 valence electrons. The van der Waals surface area contributed by atoms with Crippen LogP contribution in [0.4, 0.5) is 5.69 Å². The second kappa shape index (κ2) is 7.21. The van der Waals surface area contributed by atoms with Crippen molar-refractivity contribution in [2.75, 3.05) is 12.4 Å². The summed E-state index contributed by atoms with van der Waals surface area (Å²) in [7, 11) is 1.62. The van der Waals surface area contributed by atoms with E-state index in [0.29, 0.717) is 17.1 Å². The van der Waals surface area contributed by atoms with Crippen molar-refractivity contribution in [3.05, 3.63) is 59.8 Å². The molecule has 5 heteroatoms. The zero-order valence-corrected chi connectivity index (χ0v) is 14.3. The summed E-state index contributed by atoms with van der Waals surface area (Å²) in [6, 6.07) is 14.8. The van der Waals surface area contributed by atoms with E-state index < -0.39 is 0 Å². The Hall–Kier alpha value is -3.08. The van der Waals surface area contributed by atoms with Crippen molar-refractivity contribution >= 4 is 28.2 Å². The van der Waals surface area contributed by atoms with Gasteiger partial charge in [0.2, 0.25) is 0 Å². The van der Waals surface area contributed by atoms with Gasteiger partial charge in [-0.25, -0.2) is 0 Å². The third kappa shape index (κ3) is 3.71. The molecular formula is C20H21N3O2. The van der Waals surface area contributed by atoms with E-state index >= 15 is 0 Å². The van der Waals surface area contributed by atoms with Gasteiger partial charge in [0.05, 0.1) is 7.11 Å². The number of amides is 1. The number of benzene rings is 2. The Morgan fingerprint density at radius 2 is 1.92 bits per heavy atom. The highest BCUT2D eigenvalue weighted by Gasteiger charge is 2.11. The van der Waals surface area contributed by atoms with E-state index in [0.717, 1.165) is 35.1 Å². The average molecular weight is 335 g/mol. The number of carbonyl (C=O) groups excluding carboxylic acids is 1. The van der Waals surface area contributed by atoms with Gasteiger partial charge in [0, 0.05) is 22.3 Å². The van der Waals surface area contributed by atoms with Crippen molar-refractivity contribution < 1.29 is 9.53 Å². The molecule has 0 spiro atoms. The summed E-state index contributed by atoms with van der Waals surface area (Å²) in [6.45, 7) is 2.05. The molecule has 3 N–H and O–H groups in total. The fourth-order valence-electron chi connectivity index (χ4n) is 2.71. The summed E-state index contributed by atoms with van der Waals surface area (Å²) in [5.41, 5.74) is 3.58. The molecule has 0 aliphatic rings. The maximum absolute atomic E-state index is 12.4. The van der Waals surface area contributed by atoms with Gasteiger partial charge in [0.25, 0.3) is 5.91 Å². The highest BCUT2D eigenvalue weighted by molar-refractivity contribution is 6.06. The molecule has 0 unspecified atom stereocenters. The lowest BCUT2D eigenvalue weighted by molar-refractivity contribution is 0.102. The number of carbonyl (C=O) groups is 1. The molecule has 0 aliphatic heterocycles. The smallest absolute Gasteiger partial charge is 0.272 e. The number of anilines is 1. The number of hydrogen-bond donors (Lipinski definition) is 3. The second-order valence-corrected chi connectivity index (χ2v) is 5.90. The largest absolute Gasteiger partial charge is 0.497 e. The molecule has 0 bridgehead atoms. The SMILES string of the molecule is CCCC(=N)c1ccc(NC(=O)c2cc3cc(OC)ccc3[nH]2)cc1. The van der Waals surface area contributed by atoms with E-state index in [1.54, 1.807) is 13.2 Å². The van der Waals surface area contributed by atoms with Gasteiger partial charge in [-0.2, -0.15) is 0 Å². The third-order valence-corrected chi connectivity index (χ3v) is 4.06. The zero-order valence-electron chi connectivity index (χ0n) is 14.3. The van der Waals surface area contributed by atoms with Crippen molar-refractivity contribution in [1.29, 1.82) is 5.41 Å². The minimum atomic E-state index is -0.202. The molecule has 5 nitrogen and oxygen atoms in total. The van der Waals surface area contributed by atoms with Gasteiger partial charge in [-0.3, -0.25) is 4.79 Å². The average Bonchev–Trinajstić information content (AvgIpc) is 3.05. The predicted octanol–water partition coefficient (Wildman–Crippen LogP) is 4.60. The lowest BCUT2D eigenvalue weighted by atomic mass is 10.1. The van der Waals surface area contributed by atoms with Gasteiger partial charge in [-0.05, 0) is 48.4 Å². The summed E-state index contributed by atoms with van der Waals surface area (Å²) < 4.78 is 5.20. The molecule has 0 saturated carbocycles. The van der Waals surface area contributed by atoms with Crippen molar-refractivity contribution in [2.24, 2.45) is 0 Å². The first kappa shape index (κ1) is 16.8. The van der Waals surface area contributed by atoms with Crippen LogP contribution in [0.1, 0.15) is 35.8 Å². The van der Waals surface area contributed by atoms with Crippen LogP contribution in [0.25, 0.3) is 10.9 Å². The quantitative estimate of drug-likeness (QED) is 0.576. The fourth-order valence-corrected chi connectivity index (χ4v) is 2.71. The van der Waals surface area contributed by atoms with Crippen molar-refractivity contribution in [1.82, 2.24) is 4.98 Å². The summed E-state index contributed by atoms with van der Waals surface area (Å²) in [5.74, 6) is 0.551. The molecule has 25 heavy (non-hydrogen) atoms. The zero-order chi connectivity index (χ0) is 17.8. The normalized spacial score (nSPS) is 10.6. The first-order valence-corrected chi connectivity index (χ1v) is 8.26. The van der Waals surface area contributed by atoms with Crippen LogP contribution in [0.2, 0.25) is 0 Å². The van der Waals surface area contributed by atoms with Crippen LogP contribution in [-0.2, 0) is 0 Å². The highest BCUT2D eigenvalue weighted by Crippen LogP contribution is 2.22. The van der Waals surface area contributed by atoms with Gasteiger partial charge >= 0.3 is 0 Å². The van der Waals surface area contributed by atoms with Gasteiger partial charge in [-0.1, -0.05) is 25.5 Å². The Balaban J connectivity index is 1.74. The molecule has 1 aromatic heterocycles. The number of ether oxygens (including phenoxy) is 1. The third-order valence-electron chi connectivity index (χ3n) is 4.06. The van der Waals surface area contributed by atoms with Crippen LogP contribution >= 0.6 is 0 Å². The Morgan fingerprint density at radius 3 is 2.60 bits per heavy atom. The monoisotopic (exact) mass is 335 g/mol. The lowest BCUT2D eigenvalue weighted by Crippen LogP contribution is -2.12. The molecular weight excluding hydrogens is 314 g/mol. The minimum Gasteiger partial charge on any atom is -0.497 e. The van der Waals surface area contributed by atoms with Crippen molar-refractivity contribution in [3.8, 4) is 5.75 Å². The van der Waals surface area contributed by atoms with Gasteiger partial charge in [0.15, 0.2) is 0 Å². The highest BCUT2D eigenvalue weighted by atomic mass is 16.5. The Morgan fingerprint density at radius 1 is 1.16 bits per heavy atom. The van der Waals surface area contributed by atoms with Gasteiger partial charge in [-0.15, -0.1) is 0 Å². The molecule has 3 aromatic rings. The molecule has 0 saturated heterocycles. The molecule has 1 amide bonds.